The number of pyridine rings is 2. The molecule has 0 radical (unpaired) electrons. The molecule has 0 fully saturated rings. The molecule has 4 rings (SSSR count). The van der Waals surface area contributed by atoms with Gasteiger partial charge < -0.3 is 0 Å². The van der Waals surface area contributed by atoms with Crippen LogP contribution in [0.4, 0.5) is 0 Å². The van der Waals surface area contributed by atoms with E-state index in [2.05, 4.69) is 68.2 Å². The summed E-state index contributed by atoms with van der Waals surface area (Å²) in [7, 11) is -2.51. The van der Waals surface area contributed by atoms with E-state index in [9.17, 15) is 0 Å². The predicted molar refractivity (Wildman–Crippen MR) is 103 cm³/mol. The Kier molecular flexibility index (Phi) is 3.55. The van der Waals surface area contributed by atoms with Gasteiger partial charge in [0.15, 0.2) is 0 Å². The van der Waals surface area contributed by atoms with Gasteiger partial charge in [-0.3, -0.25) is 0 Å². The van der Waals surface area contributed by atoms with Crippen molar-refractivity contribution >= 4 is 25.0 Å². The van der Waals surface area contributed by atoms with Crippen LogP contribution in [0.5, 0.6) is 0 Å². The van der Waals surface area contributed by atoms with Crippen molar-refractivity contribution in [1.82, 2.24) is 10.2 Å². The number of allylic oxidation sites excluding steroid dienone is 3. The average Bonchev–Trinajstić information content (AvgIpc) is 3.04. The van der Waals surface area contributed by atoms with Gasteiger partial charge in [-0.2, -0.15) is 0 Å². The molecule has 4 heterocycles. The maximum absolute atomic E-state index is 7.88. The van der Waals surface area contributed by atoms with E-state index in [-0.39, 0.29) is 0 Å². The Labute approximate surface area is 148 Å². The summed E-state index contributed by atoms with van der Waals surface area (Å²) in [5.41, 5.74) is 5.81. The van der Waals surface area contributed by atoms with Gasteiger partial charge in [0.25, 0.3) is 0 Å². The monoisotopic (exact) mass is 351 g/mol. The molecule has 5 nitrogen and oxygen atoms in total. The number of nitrogens with zero attached hydrogens (tertiary/aromatic N) is 2. The van der Waals surface area contributed by atoms with Gasteiger partial charge in [-0.25, -0.2) is 0 Å². The van der Waals surface area contributed by atoms with Gasteiger partial charge in [-0.05, 0) is 0 Å². The zero-order valence-corrected chi connectivity index (χ0v) is 15.4. The molecule has 6 heteroatoms. The van der Waals surface area contributed by atoms with Crippen LogP contribution in [0, 0.1) is 5.41 Å². The minimum atomic E-state index is -2.51. The van der Waals surface area contributed by atoms with Crippen LogP contribution >= 0.6 is 7.87 Å². The molecule has 0 bridgehead atoms. The molecule has 0 amide bonds. The average molecular weight is 351 g/mol. The zero-order valence-electron chi connectivity index (χ0n) is 14.4. The van der Waals surface area contributed by atoms with Crippen LogP contribution in [0.3, 0.4) is 0 Å². The van der Waals surface area contributed by atoms with Crippen molar-refractivity contribution in [2.45, 2.75) is 13.8 Å². The van der Waals surface area contributed by atoms with Crippen LogP contribution in [0.15, 0.2) is 73.1 Å². The molecule has 1 spiro atoms. The third-order valence-corrected chi connectivity index (χ3v) is 7.75. The van der Waals surface area contributed by atoms with Crippen molar-refractivity contribution in [3.05, 3.63) is 84.5 Å². The van der Waals surface area contributed by atoms with Crippen molar-refractivity contribution < 1.29 is 8.68 Å². The number of fused-ring (bicyclic) bond motifs is 4. The zero-order chi connectivity index (χ0) is 17.6. The summed E-state index contributed by atoms with van der Waals surface area (Å²) in [6, 6.07) is 12.4. The standard InChI is InChI=1S/C19H22N5P/c1-14(2)12-16-18-8-4-6-10-23(18)25(21-16)22-17(13-15(3)20)19-9-5-7-11-24(19)25/h4-13,20-22,25H,1H2,2-3H3/q+2/b16-12-,17-13-,20-15?. The maximum atomic E-state index is 7.88. The second kappa shape index (κ2) is 5.64. The molecular formula is C19H22N5P+2. The number of nitrogens with one attached hydrogen (secondary N) is 3. The Morgan fingerprint density at radius 2 is 1.48 bits per heavy atom. The third kappa shape index (κ3) is 2.39. The van der Waals surface area contributed by atoms with E-state index in [1.165, 1.54) is 0 Å². The second-order valence-electron chi connectivity index (χ2n) is 6.48. The van der Waals surface area contributed by atoms with E-state index in [4.69, 9.17) is 5.41 Å². The normalized spacial score (nSPS) is 20.7. The fourth-order valence-electron chi connectivity index (χ4n) is 3.46. The van der Waals surface area contributed by atoms with Gasteiger partial charge in [-0.1, -0.05) is 0 Å². The number of aromatic nitrogens is 2. The fraction of sp³-hybridized carbons (Fsp3) is 0.105. The first-order valence-corrected chi connectivity index (χ1v) is 10.1. The number of rotatable bonds is 2. The van der Waals surface area contributed by atoms with Gasteiger partial charge in [-0.15, -0.1) is 0 Å². The molecular weight excluding hydrogens is 329 g/mol. The van der Waals surface area contributed by atoms with Crippen molar-refractivity contribution in [3.8, 4) is 0 Å². The summed E-state index contributed by atoms with van der Waals surface area (Å²) >= 11 is 0. The van der Waals surface area contributed by atoms with Crippen molar-refractivity contribution in [1.29, 1.82) is 5.41 Å². The van der Waals surface area contributed by atoms with Crippen molar-refractivity contribution in [2.24, 2.45) is 0 Å². The summed E-state index contributed by atoms with van der Waals surface area (Å²) in [6.45, 7) is 7.83. The first-order chi connectivity index (χ1) is 12.0. The fourth-order valence-corrected chi connectivity index (χ4v) is 7.08. The topological polar surface area (TPSA) is 55.7 Å². The van der Waals surface area contributed by atoms with Gasteiger partial charge >= 0.3 is 148 Å². The SMILES string of the molecule is C=C(C)/C=C1\N[PH]2(N/C(=C\C(C)=N)c3cccc[n+]32)[n+]2ccccc21. The summed E-state index contributed by atoms with van der Waals surface area (Å²) in [5, 5.41) is 15.4. The Hall–Kier alpha value is -2.78. The molecule has 0 unspecified atom stereocenters. The van der Waals surface area contributed by atoms with E-state index < -0.39 is 7.87 Å². The van der Waals surface area contributed by atoms with Crippen molar-refractivity contribution in [2.75, 3.05) is 0 Å². The molecule has 2 aliphatic heterocycles. The summed E-state index contributed by atoms with van der Waals surface area (Å²) < 4.78 is 4.61. The van der Waals surface area contributed by atoms with E-state index >= 15 is 0 Å². The molecule has 0 aromatic carbocycles. The number of hydrogen-bond donors (Lipinski definition) is 3. The summed E-state index contributed by atoms with van der Waals surface area (Å²) in [4.78, 5) is 0. The van der Waals surface area contributed by atoms with Crippen LogP contribution in [-0.4, -0.2) is 5.71 Å². The molecule has 25 heavy (non-hydrogen) atoms. The molecule has 3 N–H and O–H groups in total. The molecule has 0 saturated heterocycles. The Morgan fingerprint density at radius 3 is 1.96 bits per heavy atom. The molecule has 0 saturated carbocycles. The van der Waals surface area contributed by atoms with E-state index in [0.29, 0.717) is 5.71 Å². The Morgan fingerprint density at radius 1 is 0.960 bits per heavy atom. The van der Waals surface area contributed by atoms with Crippen LogP contribution in [0.2, 0.25) is 0 Å². The molecule has 0 aliphatic carbocycles. The Balaban J connectivity index is 1.97. The quantitative estimate of drug-likeness (QED) is 0.575. The van der Waals surface area contributed by atoms with Gasteiger partial charge in [0.2, 0.25) is 0 Å². The predicted octanol–water partition coefficient (Wildman–Crippen LogP) is 2.57. The van der Waals surface area contributed by atoms with Gasteiger partial charge in [0.1, 0.15) is 0 Å². The van der Waals surface area contributed by atoms with Crippen LogP contribution in [0.25, 0.3) is 11.4 Å². The van der Waals surface area contributed by atoms with Crippen molar-refractivity contribution in [3.63, 3.8) is 0 Å². The molecule has 2 aromatic rings. The molecule has 0 atom stereocenters. The Bertz CT molecular complexity index is 894. The van der Waals surface area contributed by atoms with Gasteiger partial charge in [0.05, 0.1) is 0 Å². The molecule has 2 aromatic heterocycles. The minimum absolute atomic E-state index is 0.526. The second-order valence-corrected chi connectivity index (χ2v) is 9.29. The van der Waals surface area contributed by atoms with Gasteiger partial charge in [0, 0.05) is 0 Å². The van der Waals surface area contributed by atoms with Crippen LogP contribution in [0.1, 0.15) is 25.2 Å². The van der Waals surface area contributed by atoms with Crippen LogP contribution in [-0.2, 0) is 0 Å². The number of hydrogen-bond acceptors (Lipinski definition) is 3. The first kappa shape index (κ1) is 15.7. The third-order valence-electron chi connectivity index (χ3n) is 4.34. The van der Waals surface area contributed by atoms with E-state index in [0.717, 1.165) is 28.4 Å². The van der Waals surface area contributed by atoms with Crippen LogP contribution < -0.4 is 18.8 Å². The molecule has 126 valence electrons. The van der Waals surface area contributed by atoms with E-state index in [1.54, 1.807) is 6.92 Å². The van der Waals surface area contributed by atoms with E-state index in [1.807, 2.05) is 25.1 Å². The first-order valence-electron chi connectivity index (χ1n) is 8.25. The summed E-state index contributed by atoms with van der Waals surface area (Å²) in [6.07, 6.45) is 8.20. The summed E-state index contributed by atoms with van der Waals surface area (Å²) in [5.74, 6) is 0. The molecule has 2 aliphatic rings.